The van der Waals surface area contributed by atoms with E-state index in [2.05, 4.69) is 6.92 Å². The van der Waals surface area contributed by atoms with Gasteiger partial charge in [0.2, 0.25) is 0 Å². The summed E-state index contributed by atoms with van der Waals surface area (Å²) in [4.78, 5) is 0. The summed E-state index contributed by atoms with van der Waals surface area (Å²) < 4.78 is 34.0. The van der Waals surface area contributed by atoms with Gasteiger partial charge >= 0.3 is 29.6 Å². The fourth-order valence-corrected chi connectivity index (χ4v) is 3.20. The van der Waals surface area contributed by atoms with Crippen molar-refractivity contribution in [3.8, 4) is 0 Å². The summed E-state index contributed by atoms with van der Waals surface area (Å²) in [6, 6.07) is 8.81. The van der Waals surface area contributed by atoms with Gasteiger partial charge in [-0.2, -0.15) is 0 Å². The van der Waals surface area contributed by atoms with E-state index in [1.807, 2.05) is 6.07 Å². The number of rotatable bonds is 9. The van der Waals surface area contributed by atoms with E-state index in [-0.39, 0.29) is 29.6 Å². The monoisotopic (exact) mass is 306 g/mol. The Morgan fingerprint density at radius 1 is 1.00 bits per heavy atom. The van der Waals surface area contributed by atoms with E-state index in [0.29, 0.717) is 12.0 Å². The molecule has 3 nitrogen and oxygen atoms in total. The molecule has 0 amide bonds. The van der Waals surface area contributed by atoms with Gasteiger partial charge in [0.1, 0.15) is 10.1 Å². The molecule has 108 valence electrons. The third-order valence-corrected chi connectivity index (χ3v) is 4.54. The predicted molar refractivity (Wildman–Crippen MR) is 76.9 cm³/mol. The van der Waals surface area contributed by atoms with Gasteiger partial charge in [-0.1, -0.05) is 75.8 Å². The SMILES string of the molecule is CCCCCCCCC(c1ccccc1)S(=O)(=O)[O-].[Na+]. The summed E-state index contributed by atoms with van der Waals surface area (Å²) in [6.45, 7) is 2.16. The molecule has 0 fully saturated rings. The standard InChI is InChI=1S/C15H24O3S.Na/c1-2-3-4-5-6-10-13-15(19(16,17)18)14-11-8-7-9-12-14;/h7-9,11-12,15H,2-6,10,13H2,1H3,(H,16,17,18);/q;+1/p-1. The molecule has 0 aliphatic rings. The normalized spacial score (nSPS) is 12.7. The molecule has 1 aromatic carbocycles. The van der Waals surface area contributed by atoms with Gasteiger partial charge in [0.15, 0.2) is 0 Å². The van der Waals surface area contributed by atoms with E-state index >= 15 is 0 Å². The molecule has 1 unspecified atom stereocenters. The molecule has 0 saturated carbocycles. The average molecular weight is 306 g/mol. The molecule has 0 bridgehead atoms. The van der Waals surface area contributed by atoms with Crippen LogP contribution < -0.4 is 29.6 Å². The molecule has 0 spiro atoms. The topological polar surface area (TPSA) is 57.2 Å². The van der Waals surface area contributed by atoms with Gasteiger partial charge in [-0.3, -0.25) is 0 Å². The Labute approximate surface area is 145 Å². The van der Waals surface area contributed by atoms with E-state index in [4.69, 9.17) is 0 Å². The van der Waals surface area contributed by atoms with Crippen molar-refractivity contribution in [2.24, 2.45) is 0 Å². The molecule has 0 aromatic heterocycles. The summed E-state index contributed by atoms with van der Waals surface area (Å²) in [7, 11) is -4.27. The Morgan fingerprint density at radius 2 is 1.55 bits per heavy atom. The third kappa shape index (κ3) is 7.79. The van der Waals surface area contributed by atoms with Crippen molar-refractivity contribution in [2.75, 3.05) is 0 Å². The molecule has 1 rings (SSSR count). The van der Waals surface area contributed by atoms with Crippen LogP contribution in [0.4, 0.5) is 0 Å². The molecule has 0 aliphatic heterocycles. The van der Waals surface area contributed by atoms with E-state index in [1.165, 1.54) is 19.3 Å². The third-order valence-electron chi connectivity index (χ3n) is 3.34. The maximum absolute atomic E-state index is 11.3. The number of unbranched alkanes of at least 4 members (excludes halogenated alkanes) is 5. The largest absolute Gasteiger partial charge is 1.00 e. The second kappa shape index (κ2) is 10.8. The molecular weight excluding hydrogens is 283 g/mol. The van der Waals surface area contributed by atoms with E-state index in [9.17, 15) is 13.0 Å². The minimum atomic E-state index is -4.27. The molecule has 1 aromatic rings. The summed E-state index contributed by atoms with van der Waals surface area (Å²) in [6.07, 6.45) is 6.96. The fraction of sp³-hybridized carbons (Fsp3) is 0.600. The van der Waals surface area contributed by atoms with Crippen LogP contribution in [0.3, 0.4) is 0 Å². The van der Waals surface area contributed by atoms with Crippen LogP contribution >= 0.6 is 0 Å². The zero-order chi connectivity index (χ0) is 14.1. The zero-order valence-electron chi connectivity index (χ0n) is 12.5. The second-order valence-electron chi connectivity index (χ2n) is 4.95. The Hall–Kier alpha value is 0.130. The zero-order valence-corrected chi connectivity index (χ0v) is 15.4. The second-order valence-corrected chi connectivity index (χ2v) is 6.50. The Morgan fingerprint density at radius 3 is 2.10 bits per heavy atom. The first-order valence-electron chi connectivity index (χ1n) is 7.05. The molecule has 0 heterocycles. The summed E-state index contributed by atoms with van der Waals surface area (Å²) in [5.74, 6) is 0. The van der Waals surface area contributed by atoms with Crippen LogP contribution in [0.2, 0.25) is 0 Å². The predicted octanol–water partition coefficient (Wildman–Crippen LogP) is 1.03. The van der Waals surface area contributed by atoms with Crippen LogP contribution in [0.1, 0.15) is 62.7 Å². The van der Waals surface area contributed by atoms with Gasteiger partial charge in [-0.05, 0) is 12.0 Å². The van der Waals surface area contributed by atoms with Crippen LogP contribution in [0.25, 0.3) is 0 Å². The van der Waals surface area contributed by atoms with Crippen molar-refractivity contribution in [1.29, 1.82) is 0 Å². The van der Waals surface area contributed by atoms with Crippen molar-refractivity contribution in [2.45, 2.75) is 57.1 Å². The van der Waals surface area contributed by atoms with E-state index in [0.717, 1.165) is 19.3 Å². The number of hydrogen-bond acceptors (Lipinski definition) is 3. The first-order valence-corrected chi connectivity index (χ1v) is 8.52. The van der Waals surface area contributed by atoms with Crippen molar-refractivity contribution < 1.29 is 42.5 Å². The molecule has 0 N–H and O–H groups in total. The number of hydrogen-bond donors (Lipinski definition) is 0. The van der Waals surface area contributed by atoms with Crippen molar-refractivity contribution in [3.05, 3.63) is 35.9 Å². The molecule has 1 atom stereocenters. The molecular formula is C15H23NaO3S. The Balaban J connectivity index is 0.00000361. The summed E-state index contributed by atoms with van der Waals surface area (Å²) in [5.41, 5.74) is 0.617. The molecule has 5 heteroatoms. The average Bonchev–Trinajstić information content (AvgIpc) is 2.37. The first kappa shape index (κ1) is 20.1. The van der Waals surface area contributed by atoms with Gasteiger partial charge in [-0.25, -0.2) is 8.42 Å². The Kier molecular flexibility index (Phi) is 10.9. The van der Waals surface area contributed by atoms with E-state index in [1.54, 1.807) is 24.3 Å². The number of benzene rings is 1. The maximum atomic E-state index is 11.3. The molecule has 0 aliphatic carbocycles. The summed E-state index contributed by atoms with van der Waals surface area (Å²) in [5, 5.41) is -0.889. The molecule has 0 radical (unpaired) electrons. The van der Waals surface area contributed by atoms with Gasteiger partial charge in [0.25, 0.3) is 0 Å². The first-order chi connectivity index (χ1) is 9.05. The van der Waals surface area contributed by atoms with Crippen LogP contribution in [0.15, 0.2) is 30.3 Å². The van der Waals surface area contributed by atoms with Crippen LogP contribution in [0.5, 0.6) is 0 Å². The fourth-order valence-electron chi connectivity index (χ4n) is 2.26. The minimum Gasteiger partial charge on any atom is -0.747 e. The van der Waals surface area contributed by atoms with Crippen LogP contribution in [0, 0.1) is 0 Å². The van der Waals surface area contributed by atoms with Crippen LogP contribution in [-0.2, 0) is 10.1 Å². The van der Waals surface area contributed by atoms with Gasteiger partial charge in [0.05, 0.1) is 5.25 Å². The van der Waals surface area contributed by atoms with Crippen molar-refractivity contribution >= 4 is 10.1 Å². The Bertz CT molecular complexity index is 445. The summed E-state index contributed by atoms with van der Waals surface area (Å²) >= 11 is 0. The smallest absolute Gasteiger partial charge is 0.747 e. The van der Waals surface area contributed by atoms with Gasteiger partial charge in [-0.15, -0.1) is 0 Å². The van der Waals surface area contributed by atoms with Gasteiger partial charge in [0, 0.05) is 0 Å². The van der Waals surface area contributed by atoms with Crippen LogP contribution in [-0.4, -0.2) is 13.0 Å². The van der Waals surface area contributed by atoms with Crippen molar-refractivity contribution in [3.63, 3.8) is 0 Å². The minimum absolute atomic E-state index is 0. The quantitative estimate of drug-likeness (QED) is 0.389. The molecule has 0 saturated heterocycles. The maximum Gasteiger partial charge on any atom is 1.00 e. The van der Waals surface area contributed by atoms with E-state index < -0.39 is 15.4 Å². The molecule has 20 heavy (non-hydrogen) atoms. The van der Waals surface area contributed by atoms with Crippen molar-refractivity contribution in [1.82, 2.24) is 0 Å². The van der Waals surface area contributed by atoms with Gasteiger partial charge < -0.3 is 4.55 Å².